The predicted molar refractivity (Wildman–Crippen MR) is 174 cm³/mol. The first-order valence-electron chi connectivity index (χ1n) is 16.0. The fourth-order valence-electron chi connectivity index (χ4n) is 9.69. The van der Waals surface area contributed by atoms with Crippen LogP contribution in [0.15, 0.2) is 127 Å². The first-order chi connectivity index (χ1) is 20.8. The van der Waals surface area contributed by atoms with E-state index in [4.69, 9.17) is 0 Å². The number of hydrogen-bond donors (Lipinski definition) is 0. The van der Waals surface area contributed by atoms with Crippen LogP contribution in [0.2, 0.25) is 0 Å². The standard InChI is InChI=1S/C41H37N/c1-3-9-34(10-4-1)42(35-11-5-2-6-12-35)36-20-17-29(18-21-36)30-19-22-40-38(26-30)37-13-7-8-14-39(37)41(40)27-31-16-15-28-23-32(31)25-33(41)24-28/h1-14,17-22,26,28,31-33H,15-16,23-25,27H2. The van der Waals surface area contributed by atoms with Gasteiger partial charge in [-0.1, -0.05) is 91.3 Å². The smallest absolute Gasteiger partial charge is 0.0462 e. The minimum atomic E-state index is 0.223. The highest BCUT2D eigenvalue weighted by Gasteiger charge is 2.57. The first kappa shape index (κ1) is 24.5. The zero-order valence-corrected chi connectivity index (χ0v) is 24.1. The number of anilines is 3. The molecule has 0 radical (unpaired) electrons. The lowest BCUT2D eigenvalue weighted by Gasteiger charge is -2.57. The summed E-state index contributed by atoms with van der Waals surface area (Å²) in [6.07, 6.45) is 8.67. The van der Waals surface area contributed by atoms with Crippen LogP contribution in [-0.2, 0) is 5.41 Å². The Kier molecular flexibility index (Phi) is 5.52. The quantitative estimate of drug-likeness (QED) is 0.218. The van der Waals surface area contributed by atoms with Gasteiger partial charge in [-0.2, -0.15) is 0 Å². The summed E-state index contributed by atoms with van der Waals surface area (Å²) in [5.41, 5.74) is 12.6. The van der Waals surface area contributed by atoms with E-state index in [1.165, 1.54) is 77.8 Å². The molecule has 1 spiro atoms. The summed E-state index contributed by atoms with van der Waals surface area (Å²) in [7, 11) is 0. The molecule has 42 heavy (non-hydrogen) atoms. The second-order valence-corrected chi connectivity index (χ2v) is 13.4. The molecular formula is C41H37N. The fraction of sp³-hybridized carbons (Fsp3) is 0.268. The minimum absolute atomic E-state index is 0.223. The Morgan fingerprint density at radius 2 is 1.14 bits per heavy atom. The van der Waals surface area contributed by atoms with Gasteiger partial charge >= 0.3 is 0 Å². The van der Waals surface area contributed by atoms with Gasteiger partial charge < -0.3 is 4.90 Å². The van der Waals surface area contributed by atoms with Gasteiger partial charge in [-0.05, 0) is 132 Å². The van der Waals surface area contributed by atoms with Gasteiger partial charge in [0.05, 0.1) is 0 Å². The molecule has 3 bridgehead atoms. The highest BCUT2D eigenvalue weighted by atomic mass is 15.1. The summed E-state index contributed by atoms with van der Waals surface area (Å²) in [5.74, 6) is 3.64. The molecule has 0 saturated heterocycles. The average molecular weight is 544 g/mol. The van der Waals surface area contributed by atoms with Crippen molar-refractivity contribution in [2.45, 2.75) is 43.9 Å². The molecular weight excluding hydrogens is 506 g/mol. The number of para-hydroxylation sites is 2. The molecule has 0 aromatic heterocycles. The largest absolute Gasteiger partial charge is 0.311 e. The van der Waals surface area contributed by atoms with Gasteiger partial charge in [0, 0.05) is 22.5 Å². The van der Waals surface area contributed by atoms with E-state index in [1.807, 2.05) is 0 Å². The Bertz CT molecular complexity index is 1710. The molecule has 1 heteroatoms. The third kappa shape index (κ3) is 3.62. The Morgan fingerprint density at radius 3 is 1.90 bits per heavy atom. The van der Waals surface area contributed by atoms with Gasteiger partial charge in [0.25, 0.3) is 0 Å². The number of fused-ring (bicyclic) bond motifs is 8. The lowest BCUT2D eigenvalue weighted by molar-refractivity contribution is -0.0103. The summed E-state index contributed by atoms with van der Waals surface area (Å²) >= 11 is 0. The van der Waals surface area contributed by atoms with Gasteiger partial charge in [-0.25, -0.2) is 0 Å². The van der Waals surface area contributed by atoms with E-state index in [0.29, 0.717) is 0 Å². The number of rotatable bonds is 4. The summed E-state index contributed by atoms with van der Waals surface area (Å²) < 4.78 is 0. The van der Waals surface area contributed by atoms with E-state index in [0.717, 1.165) is 23.7 Å². The maximum Gasteiger partial charge on any atom is 0.0462 e. The predicted octanol–water partition coefficient (Wildman–Crippen LogP) is 10.9. The van der Waals surface area contributed by atoms with Crippen LogP contribution in [0.3, 0.4) is 0 Å². The van der Waals surface area contributed by atoms with E-state index in [2.05, 4.69) is 132 Å². The number of nitrogens with zero attached hydrogens (tertiary/aromatic N) is 1. The van der Waals surface area contributed by atoms with Gasteiger partial charge in [0.15, 0.2) is 0 Å². The van der Waals surface area contributed by atoms with Crippen LogP contribution in [-0.4, -0.2) is 0 Å². The normalized spacial score (nSPS) is 26.6. The molecule has 5 atom stereocenters. The summed E-state index contributed by atoms with van der Waals surface area (Å²) in [6, 6.07) is 47.4. The molecule has 5 aromatic rings. The van der Waals surface area contributed by atoms with Crippen molar-refractivity contribution < 1.29 is 0 Å². The molecule has 1 nitrogen and oxygen atoms in total. The van der Waals surface area contributed by atoms with Gasteiger partial charge in [0.2, 0.25) is 0 Å². The summed E-state index contributed by atoms with van der Waals surface area (Å²) in [4.78, 5) is 2.33. The fourth-order valence-corrected chi connectivity index (χ4v) is 9.69. The monoisotopic (exact) mass is 543 g/mol. The zero-order valence-electron chi connectivity index (χ0n) is 24.1. The SMILES string of the molecule is c1ccc(N(c2ccccc2)c2ccc(-c3ccc4c(c3)-c3ccccc3C43CC4CCC5CC4CC3C5)cc2)cc1. The second kappa shape index (κ2) is 9.46. The molecule has 0 amide bonds. The van der Waals surface area contributed by atoms with Crippen molar-refractivity contribution in [3.63, 3.8) is 0 Å². The van der Waals surface area contributed by atoms with Crippen molar-refractivity contribution >= 4 is 17.1 Å². The van der Waals surface area contributed by atoms with Crippen LogP contribution in [0.4, 0.5) is 17.1 Å². The third-order valence-electron chi connectivity index (χ3n) is 11.4. The highest BCUT2D eigenvalue weighted by Crippen LogP contribution is 2.66. The van der Waals surface area contributed by atoms with E-state index in [9.17, 15) is 0 Å². The Balaban J connectivity index is 1.11. The summed E-state index contributed by atoms with van der Waals surface area (Å²) in [6.45, 7) is 0. The van der Waals surface area contributed by atoms with E-state index < -0.39 is 0 Å². The minimum Gasteiger partial charge on any atom is -0.311 e. The van der Waals surface area contributed by atoms with Crippen LogP contribution in [0.25, 0.3) is 22.3 Å². The Morgan fingerprint density at radius 1 is 0.500 bits per heavy atom. The van der Waals surface area contributed by atoms with Crippen molar-refractivity contribution in [2.24, 2.45) is 23.7 Å². The van der Waals surface area contributed by atoms with Crippen LogP contribution in [0.1, 0.15) is 49.7 Å². The van der Waals surface area contributed by atoms with Gasteiger partial charge in [-0.3, -0.25) is 0 Å². The van der Waals surface area contributed by atoms with Crippen LogP contribution < -0.4 is 4.90 Å². The summed E-state index contributed by atoms with van der Waals surface area (Å²) in [5, 5.41) is 0. The lowest BCUT2D eigenvalue weighted by Crippen LogP contribution is -2.50. The van der Waals surface area contributed by atoms with E-state index in [-0.39, 0.29) is 5.41 Å². The molecule has 3 fully saturated rings. The molecule has 0 aliphatic heterocycles. The van der Waals surface area contributed by atoms with Crippen LogP contribution in [0.5, 0.6) is 0 Å². The van der Waals surface area contributed by atoms with Gasteiger partial charge in [-0.15, -0.1) is 0 Å². The van der Waals surface area contributed by atoms with Crippen molar-refractivity contribution in [3.8, 4) is 22.3 Å². The van der Waals surface area contributed by atoms with E-state index >= 15 is 0 Å². The van der Waals surface area contributed by atoms with Crippen molar-refractivity contribution in [2.75, 3.05) is 4.90 Å². The second-order valence-electron chi connectivity index (χ2n) is 13.4. The molecule has 206 valence electrons. The number of hydrogen-bond acceptors (Lipinski definition) is 1. The van der Waals surface area contributed by atoms with Crippen molar-refractivity contribution in [1.29, 1.82) is 0 Å². The Labute approximate surface area is 249 Å². The molecule has 9 rings (SSSR count). The first-order valence-corrected chi connectivity index (χ1v) is 16.0. The molecule has 5 aromatic carbocycles. The lowest BCUT2D eigenvalue weighted by atomic mass is 9.47. The maximum atomic E-state index is 2.53. The highest BCUT2D eigenvalue weighted by molar-refractivity contribution is 5.86. The maximum absolute atomic E-state index is 2.53. The third-order valence-corrected chi connectivity index (χ3v) is 11.4. The van der Waals surface area contributed by atoms with E-state index in [1.54, 1.807) is 11.1 Å². The molecule has 5 unspecified atom stereocenters. The average Bonchev–Trinajstić information content (AvgIpc) is 3.33. The molecule has 4 aliphatic carbocycles. The van der Waals surface area contributed by atoms with Crippen molar-refractivity contribution in [3.05, 3.63) is 139 Å². The molecule has 3 saturated carbocycles. The van der Waals surface area contributed by atoms with Crippen LogP contribution >= 0.6 is 0 Å². The zero-order chi connectivity index (χ0) is 27.7. The molecule has 4 aliphatic rings. The number of benzene rings is 5. The Hall–Kier alpha value is -4.10. The van der Waals surface area contributed by atoms with Crippen molar-refractivity contribution in [1.82, 2.24) is 0 Å². The molecule has 0 heterocycles. The van der Waals surface area contributed by atoms with Crippen LogP contribution in [0, 0.1) is 23.7 Å². The van der Waals surface area contributed by atoms with Gasteiger partial charge in [0.1, 0.15) is 0 Å². The molecule has 0 N–H and O–H groups in total. The topological polar surface area (TPSA) is 3.24 Å².